The average molecular weight is 285 g/mol. The van der Waals surface area contributed by atoms with Gasteiger partial charge < -0.3 is 10.2 Å². The number of likely N-dealkylation sites (tertiary alicyclic amines) is 1. The van der Waals surface area contributed by atoms with Crippen LogP contribution in [-0.2, 0) is 24.8 Å². The normalized spacial score (nSPS) is 15.2. The Hall–Kier alpha value is -1.07. The van der Waals surface area contributed by atoms with E-state index in [0.29, 0.717) is 18.1 Å². The van der Waals surface area contributed by atoms with Crippen molar-refractivity contribution in [1.29, 1.82) is 0 Å². The smallest absolute Gasteiger partial charge is 0.236 e. The standard InChI is InChI=1S/C13H21ClN4O/c1-3-10-13(14)11(17(2)16-10)8-15-9-12(19)18-6-4-5-7-18/h15H,3-9H2,1-2H3. The highest BCUT2D eigenvalue weighted by atomic mass is 35.5. The van der Waals surface area contributed by atoms with Gasteiger partial charge in [0.2, 0.25) is 5.91 Å². The number of aromatic nitrogens is 2. The topological polar surface area (TPSA) is 50.2 Å². The van der Waals surface area contributed by atoms with Crippen molar-refractivity contribution in [3.8, 4) is 0 Å². The molecule has 6 heteroatoms. The van der Waals surface area contributed by atoms with Gasteiger partial charge in [0.15, 0.2) is 0 Å². The molecule has 1 fully saturated rings. The monoisotopic (exact) mass is 284 g/mol. The lowest BCUT2D eigenvalue weighted by Gasteiger charge is -2.15. The fourth-order valence-electron chi connectivity index (χ4n) is 2.38. The largest absolute Gasteiger partial charge is 0.342 e. The maximum atomic E-state index is 11.9. The molecule has 1 aliphatic heterocycles. The Bertz CT molecular complexity index is 452. The Labute approximate surface area is 118 Å². The molecule has 1 saturated heterocycles. The van der Waals surface area contributed by atoms with Gasteiger partial charge in [-0.05, 0) is 19.3 Å². The average Bonchev–Trinajstić information content (AvgIpc) is 3.01. The molecule has 1 aromatic heterocycles. The van der Waals surface area contributed by atoms with Crippen molar-refractivity contribution in [1.82, 2.24) is 20.0 Å². The summed E-state index contributed by atoms with van der Waals surface area (Å²) in [5, 5.41) is 8.23. The first kappa shape index (κ1) is 14.3. The van der Waals surface area contributed by atoms with Gasteiger partial charge in [0.25, 0.3) is 0 Å². The highest BCUT2D eigenvalue weighted by Crippen LogP contribution is 2.20. The van der Waals surface area contributed by atoms with Crippen molar-refractivity contribution >= 4 is 17.5 Å². The van der Waals surface area contributed by atoms with Gasteiger partial charge in [0.1, 0.15) is 0 Å². The molecule has 0 saturated carbocycles. The molecule has 1 aliphatic rings. The Morgan fingerprint density at radius 3 is 2.68 bits per heavy atom. The highest BCUT2D eigenvalue weighted by molar-refractivity contribution is 6.31. The molecule has 1 amide bonds. The fourth-order valence-corrected chi connectivity index (χ4v) is 2.74. The van der Waals surface area contributed by atoms with Crippen LogP contribution in [-0.4, -0.2) is 40.2 Å². The number of aryl methyl sites for hydroxylation is 2. The quantitative estimate of drug-likeness (QED) is 0.888. The van der Waals surface area contributed by atoms with Crippen molar-refractivity contribution in [2.45, 2.75) is 32.7 Å². The first-order valence-corrected chi connectivity index (χ1v) is 7.20. The number of hydrogen-bond acceptors (Lipinski definition) is 3. The van der Waals surface area contributed by atoms with Gasteiger partial charge in [-0.2, -0.15) is 5.10 Å². The predicted molar refractivity (Wildman–Crippen MR) is 75.1 cm³/mol. The zero-order valence-electron chi connectivity index (χ0n) is 11.6. The molecule has 1 aromatic rings. The van der Waals surface area contributed by atoms with Crippen LogP contribution >= 0.6 is 11.6 Å². The van der Waals surface area contributed by atoms with Gasteiger partial charge in [-0.25, -0.2) is 0 Å². The van der Waals surface area contributed by atoms with E-state index in [2.05, 4.69) is 10.4 Å². The number of rotatable bonds is 5. The maximum Gasteiger partial charge on any atom is 0.236 e. The zero-order chi connectivity index (χ0) is 13.8. The van der Waals surface area contributed by atoms with Crippen molar-refractivity contribution in [2.24, 2.45) is 7.05 Å². The summed E-state index contributed by atoms with van der Waals surface area (Å²) in [6.45, 7) is 4.76. The zero-order valence-corrected chi connectivity index (χ0v) is 12.3. The second-order valence-corrected chi connectivity index (χ2v) is 5.25. The molecular formula is C13H21ClN4O. The van der Waals surface area contributed by atoms with Gasteiger partial charge in [-0.15, -0.1) is 0 Å². The molecule has 1 N–H and O–H groups in total. The van der Waals surface area contributed by atoms with Crippen LogP contribution in [0.1, 0.15) is 31.2 Å². The van der Waals surface area contributed by atoms with E-state index >= 15 is 0 Å². The molecule has 2 rings (SSSR count). The Morgan fingerprint density at radius 1 is 1.42 bits per heavy atom. The third kappa shape index (κ3) is 3.28. The maximum absolute atomic E-state index is 11.9. The Morgan fingerprint density at radius 2 is 2.11 bits per heavy atom. The van der Waals surface area contributed by atoms with Gasteiger partial charge in [-0.3, -0.25) is 9.48 Å². The molecule has 0 radical (unpaired) electrons. The molecule has 0 unspecified atom stereocenters. The number of hydrogen-bond donors (Lipinski definition) is 1. The van der Waals surface area contributed by atoms with E-state index in [0.717, 1.165) is 43.7 Å². The lowest BCUT2D eigenvalue weighted by atomic mass is 10.3. The minimum atomic E-state index is 0.173. The number of amides is 1. The van der Waals surface area contributed by atoms with Crippen molar-refractivity contribution in [3.63, 3.8) is 0 Å². The van der Waals surface area contributed by atoms with Crippen LogP contribution in [0.5, 0.6) is 0 Å². The third-order valence-corrected chi connectivity index (χ3v) is 3.97. The molecule has 0 spiro atoms. The number of nitrogens with one attached hydrogen (secondary N) is 1. The van der Waals surface area contributed by atoms with E-state index in [1.54, 1.807) is 4.68 Å². The number of halogens is 1. The second kappa shape index (κ2) is 6.39. The van der Waals surface area contributed by atoms with E-state index in [-0.39, 0.29) is 5.91 Å². The lowest BCUT2D eigenvalue weighted by molar-refractivity contribution is -0.129. The van der Waals surface area contributed by atoms with E-state index in [4.69, 9.17) is 11.6 Å². The summed E-state index contributed by atoms with van der Waals surface area (Å²) in [5.74, 6) is 0.173. The minimum absolute atomic E-state index is 0.173. The summed E-state index contributed by atoms with van der Waals surface area (Å²) in [6.07, 6.45) is 3.07. The molecule has 0 aliphatic carbocycles. The molecule has 106 valence electrons. The lowest BCUT2D eigenvalue weighted by Crippen LogP contribution is -2.36. The summed E-state index contributed by atoms with van der Waals surface area (Å²) in [6, 6.07) is 0. The van der Waals surface area contributed by atoms with Crippen molar-refractivity contribution in [2.75, 3.05) is 19.6 Å². The van der Waals surface area contributed by atoms with Crippen LogP contribution in [0.15, 0.2) is 0 Å². The fraction of sp³-hybridized carbons (Fsp3) is 0.692. The van der Waals surface area contributed by atoms with Crippen LogP contribution in [0.4, 0.5) is 0 Å². The Balaban J connectivity index is 1.85. The molecule has 0 atom stereocenters. The molecule has 19 heavy (non-hydrogen) atoms. The van der Waals surface area contributed by atoms with E-state index < -0.39 is 0 Å². The first-order valence-electron chi connectivity index (χ1n) is 6.82. The number of nitrogens with zero attached hydrogens (tertiary/aromatic N) is 3. The van der Waals surface area contributed by atoms with Crippen molar-refractivity contribution < 1.29 is 4.79 Å². The summed E-state index contributed by atoms with van der Waals surface area (Å²) in [4.78, 5) is 13.8. The van der Waals surface area contributed by atoms with Gasteiger partial charge in [-0.1, -0.05) is 18.5 Å². The van der Waals surface area contributed by atoms with Crippen molar-refractivity contribution in [3.05, 3.63) is 16.4 Å². The van der Waals surface area contributed by atoms with Gasteiger partial charge >= 0.3 is 0 Å². The molecule has 5 nitrogen and oxygen atoms in total. The van der Waals surface area contributed by atoms with Gasteiger partial charge in [0.05, 0.1) is 23.0 Å². The van der Waals surface area contributed by atoms with E-state index in [1.165, 1.54) is 0 Å². The minimum Gasteiger partial charge on any atom is -0.342 e. The SMILES string of the molecule is CCc1nn(C)c(CNCC(=O)N2CCCC2)c1Cl. The summed E-state index contributed by atoms with van der Waals surface area (Å²) < 4.78 is 1.79. The van der Waals surface area contributed by atoms with Crippen LogP contribution in [0.2, 0.25) is 5.02 Å². The van der Waals surface area contributed by atoms with Crippen LogP contribution in [0.25, 0.3) is 0 Å². The van der Waals surface area contributed by atoms with Crippen LogP contribution < -0.4 is 5.32 Å². The summed E-state index contributed by atoms with van der Waals surface area (Å²) in [7, 11) is 1.88. The molecular weight excluding hydrogens is 264 g/mol. The number of carbonyl (C=O) groups is 1. The van der Waals surface area contributed by atoms with E-state index in [9.17, 15) is 4.79 Å². The summed E-state index contributed by atoms with van der Waals surface area (Å²) >= 11 is 6.25. The van der Waals surface area contributed by atoms with Crippen LogP contribution in [0.3, 0.4) is 0 Å². The van der Waals surface area contributed by atoms with Crippen LogP contribution in [0, 0.1) is 0 Å². The Kier molecular flexibility index (Phi) is 4.82. The second-order valence-electron chi connectivity index (χ2n) is 4.88. The first-order chi connectivity index (χ1) is 9.13. The van der Waals surface area contributed by atoms with Gasteiger partial charge in [0, 0.05) is 26.7 Å². The highest BCUT2D eigenvalue weighted by Gasteiger charge is 2.18. The molecule has 0 bridgehead atoms. The third-order valence-electron chi connectivity index (χ3n) is 3.53. The molecule has 0 aromatic carbocycles. The van der Waals surface area contributed by atoms with E-state index in [1.807, 2.05) is 18.9 Å². The summed E-state index contributed by atoms with van der Waals surface area (Å²) in [5.41, 5.74) is 1.85. The predicted octanol–water partition coefficient (Wildman–Crippen LogP) is 1.35. The molecule has 2 heterocycles. The number of carbonyl (C=O) groups excluding carboxylic acids is 1.